The monoisotopic (exact) mass is 319 g/mol. The average molecular weight is 319 g/mol. The van der Waals surface area contributed by atoms with Crippen LogP contribution in [0.25, 0.3) is 0 Å². The molecule has 1 aliphatic rings. The lowest BCUT2D eigenvalue weighted by Gasteiger charge is -2.20. The zero-order chi connectivity index (χ0) is 15.9. The Kier molecular flexibility index (Phi) is 7.44. The standard InChI is InChI=1S/C13H25N3O4S/c1-9(18)15-10(5-20-2)6-21-7-11(14)12(19)16-13(8-17)3-4-13/h10-11,17H,3-8,14H2,1-2H3,(H,15,18)(H,16,19)/t10-,11+/m1/s1. The summed E-state index contributed by atoms with van der Waals surface area (Å²) < 4.78 is 5.03. The number of hydrogen-bond acceptors (Lipinski definition) is 6. The number of ether oxygens (including phenoxy) is 1. The van der Waals surface area contributed by atoms with Gasteiger partial charge in [0.15, 0.2) is 0 Å². The SMILES string of the molecule is COC[C@H](CSC[C@H](N)C(=O)NC1(CO)CC1)NC(C)=O. The van der Waals surface area contributed by atoms with Gasteiger partial charge in [-0.25, -0.2) is 0 Å². The molecule has 0 aromatic rings. The molecule has 5 N–H and O–H groups in total. The zero-order valence-corrected chi connectivity index (χ0v) is 13.4. The van der Waals surface area contributed by atoms with E-state index in [1.807, 2.05) is 0 Å². The van der Waals surface area contributed by atoms with E-state index in [9.17, 15) is 9.59 Å². The van der Waals surface area contributed by atoms with Gasteiger partial charge in [0.25, 0.3) is 0 Å². The van der Waals surface area contributed by atoms with Crippen LogP contribution >= 0.6 is 11.8 Å². The van der Waals surface area contributed by atoms with Crippen LogP contribution in [0.1, 0.15) is 19.8 Å². The van der Waals surface area contributed by atoms with Gasteiger partial charge < -0.3 is 26.2 Å². The van der Waals surface area contributed by atoms with Crippen molar-refractivity contribution < 1.29 is 19.4 Å². The Morgan fingerprint density at radius 2 is 2.10 bits per heavy atom. The number of rotatable bonds is 10. The Morgan fingerprint density at radius 1 is 1.43 bits per heavy atom. The number of hydrogen-bond donors (Lipinski definition) is 4. The van der Waals surface area contributed by atoms with E-state index in [2.05, 4.69) is 10.6 Å². The topological polar surface area (TPSA) is 114 Å². The number of nitrogens with one attached hydrogen (secondary N) is 2. The Balaban J connectivity index is 2.26. The number of carbonyl (C=O) groups is 2. The lowest BCUT2D eigenvalue weighted by molar-refractivity contribution is -0.123. The van der Waals surface area contributed by atoms with Crippen molar-refractivity contribution in [1.29, 1.82) is 0 Å². The molecule has 7 nitrogen and oxygen atoms in total. The van der Waals surface area contributed by atoms with Gasteiger partial charge in [0, 0.05) is 25.5 Å². The maximum atomic E-state index is 11.9. The van der Waals surface area contributed by atoms with Gasteiger partial charge in [0.2, 0.25) is 11.8 Å². The lowest BCUT2D eigenvalue weighted by Crippen LogP contribution is -2.49. The molecule has 0 spiro atoms. The van der Waals surface area contributed by atoms with Crippen molar-refractivity contribution >= 4 is 23.6 Å². The maximum absolute atomic E-state index is 11.9. The molecule has 2 atom stereocenters. The number of amides is 2. The molecule has 0 bridgehead atoms. The summed E-state index contributed by atoms with van der Waals surface area (Å²) in [4.78, 5) is 22.9. The molecule has 8 heteroatoms. The van der Waals surface area contributed by atoms with E-state index in [1.54, 1.807) is 7.11 Å². The van der Waals surface area contributed by atoms with E-state index in [0.29, 0.717) is 18.1 Å². The van der Waals surface area contributed by atoms with Crippen LogP contribution in [0.2, 0.25) is 0 Å². The van der Waals surface area contributed by atoms with Crippen LogP contribution < -0.4 is 16.4 Å². The summed E-state index contributed by atoms with van der Waals surface area (Å²) in [6, 6.07) is -0.723. The molecule has 0 aromatic carbocycles. The third kappa shape index (κ3) is 6.64. The molecule has 1 rings (SSSR count). The van der Waals surface area contributed by atoms with Gasteiger partial charge in [-0.2, -0.15) is 11.8 Å². The summed E-state index contributed by atoms with van der Waals surface area (Å²) in [6.07, 6.45) is 1.60. The maximum Gasteiger partial charge on any atom is 0.238 e. The molecule has 1 fully saturated rings. The molecular weight excluding hydrogens is 294 g/mol. The fourth-order valence-electron chi connectivity index (χ4n) is 1.86. The highest BCUT2D eigenvalue weighted by Gasteiger charge is 2.44. The third-order valence-corrected chi connectivity index (χ3v) is 4.51. The third-order valence-electron chi connectivity index (χ3n) is 3.27. The zero-order valence-electron chi connectivity index (χ0n) is 12.6. The molecule has 0 unspecified atom stereocenters. The van der Waals surface area contributed by atoms with Gasteiger partial charge in [0.1, 0.15) is 0 Å². The fraction of sp³-hybridized carbons (Fsp3) is 0.846. The van der Waals surface area contributed by atoms with Crippen molar-refractivity contribution in [1.82, 2.24) is 10.6 Å². The smallest absolute Gasteiger partial charge is 0.238 e. The van der Waals surface area contributed by atoms with Gasteiger partial charge >= 0.3 is 0 Å². The van der Waals surface area contributed by atoms with Crippen molar-refractivity contribution in [3.63, 3.8) is 0 Å². The molecule has 2 amide bonds. The van der Waals surface area contributed by atoms with Gasteiger partial charge in [0.05, 0.1) is 30.8 Å². The van der Waals surface area contributed by atoms with E-state index in [1.165, 1.54) is 18.7 Å². The van der Waals surface area contributed by atoms with Crippen molar-refractivity contribution in [2.24, 2.45) is 5.73 Å². The van der Waals surface area contributed by atoms with Crippen LogP contribution in [0.3, 0.4) is 0 Å². The van der Waals surface area contributed by atoms with Crippen LogP contribution in [0.5, 0.6) is 0 Å². The number of methoxy groups -OCH3 is 1. The Morgan fingerprint density at radius 3 is 2.57 bits per heavy atom. The number of aliphatic hydroxyl groups excluding tert-OH is 1. The van der Waals surface area contributed by atoms with Crippen molar-refractivity contribution in [2.75, 3.05) is 31.8 Å². The minimum Gasteiger partial charge on any atom is -0.394 e. The molecule has 21 heavy (non-hydrogen) atoms. The molecule has 0 aliphatic heterocycles. The van der Waals surface area contributed by atoms with Gasteiger partial charge in [-0.05, 0) is 12.8 Å². The first kappa shape index (κ1) is 18.2. The molecule has 0 saturated heterocycles. The summed E-state index contributed by atoms with van der Waals surface area (Å²) in [5, 5.41) is 14.7. The molecule has 122 valence electrons. The number of thioether (sulfide) groups is 1. The summed E-state index contributed by atoms with van der Waals surface area (Å²) >= 11 is 1.49. The van der Waals surface area contributed by atoms with Crippen molar-refractivity contribution in [2.45, 2.75) is 37.4 Å². The molecule has 0 radical (unpaired) electrons. The summed E-state index contributed by atoms with van der Waals surface area (Å²) in [5.41, 5.74) is 5.40. The Hall–Kier alpha value is -0.830. The average Bonchev–Trinajstić information content (AvgIpc) is 3.18. The summed E-state index contributed by atoms with van der Waals surface area (Å²) in [7, 11) is 1.57. The van der Waals surface area contributed by atoms with Crippen LogP contribution in [-0.2, 0) is 14.3 Å². The second kappa shape index (κ2) is 8.57. The Labute approximate surface area is 129 Å². The Bertz CT molecular complexity index is 363. The first-order valence-electron chi connectivity index (χ1n) is 6.94. The van der Waals surface area contributed by atoms with E-state index in [0.717, 1.165) is 12.8 Å². The van der Waals surface area contributed by atoms with E-state index >= 15 is 0 Å². The number of nitrogens with two attached hydrogens (primary N) is 1. The van der Waals surface area contributed by atoms with Gasteiger partial charge in [-0.15, -0.1) is 0 Å². The van der Waals surface area contributed by atoms with Crippen LogP contribution in [-0.4, -0.2) is 66.4 Å². The van der Waals surface area contributed by atoms with Crippen molar-refractivity contribution in [3.8, 4) is 0 Å². The summed E-state index contributed by atoms with van der Waals surface area (Å²) in [5.74, 6) is 0.724. The predicted molar refractivity (Wildman–Crippen MR) is 82.0 cm³/mol. The highest BCUT2D eigenvalue weighted by atomic mass is 32.2. The van der Waals surface area contributed by atoms with E-state index < -0.39 is 11.6 Å². The number of carbonyl (C=O) groups excluding carboxylic acids is 2. The van der Waals surface area contributed by atoms with Gasteiger partial charge in [-0.3, -0.25) is 9.59 Å². The molecule has 1 aliphatic carbocycles. The minimum absolute atomic E-state index is 0.0446. The normalized spacial score (nSPS) is 18.7. The second-order valence-electron chi connectivity index (χ2n) is 5.42. The highest BCUT2D eigenvalue weighted by Crippen LogP contribution is 2.34. The predicted octanol–water partition coefficient (Wildman–Crippen LogP) is -1.16. The molecular formula is C13H25N3O4S. The lowest BCUT2D eigenvalue weighted by atomic mass is 10.2. The minimum atomic E-state index is -0.625. The van der Waals surface area contributed by atoms with Crippen LogP contribution in [0, 0.1) is 0 Å². The highest BCUT2D eigenvalue weighted by molar-refractivity contribution is 7.99. The van der Waals surface area contributed by atoms with Gasteiger partial charge in [-0.1, -0.05) is 0 Å². The molecule has 0 aromatic heterocycles. The van der Waals surface area contributed by atoms with Crippen LogP contribution in [0.4, 0.5) is 0 Å². The first-order valence-corrected chi connectivity index (χ1v) is 8.10. The fourth-order valence-corrected chi connectivity index (χ4v) is 2.87. The first-order chi connectivity index (χ1) is 9.92. The van der Waals surface area contributed by atoms with Crippen LogP contribution in [0.15, 0.2) is 0 Å². The molecule has 1 saturated carbocycles. The summed E-state index contributed by atoms with van der Waals surface area (Å²) in [6.45, 7) is 1.83. The second-order valence-corrected chi connectivity index (χ2v) is 6.50. The van der Waals surface area contributed by atoms with E-state index in [-0.39, 0.29) is 24.5 Å². The molecule has 0 heterocycles. The quantitative estimate of drug-likeness (QED) is 0.404. The number of aliphatic hydroxyl groups is 1. The van der Waals surface area contributed by atoms with Crippen molar-refractivity contribution in [3.05, 3.63) is 0 Å². The largest absolute Gasteiger partial charge is 0.394 e. The van der Waals surface area contributed by atoms with E-state index in [4.69, 9.17) is 15.6 Å².